The van der Waals surface area contributed by atoms with Gasteiger partial charge >= 0.3 is 35.8 Å². The molecule has 13 heteroatoms. The van der Waals surface area contributed by atoms with E-state index in [4.69, 9.17) is 9.47 Å². The lowest BCUT2D eigenvalue weighted by Gasteiger charge is -2.10. The van der Waals surface area contributed by atoms with Crippen LogP contribution in [-0.4, -0.2) is 51.0 Å². The van der Waals surface area contributed by atoms with Crippen LogP contribution in [-0.2, 0) is 9.47 Å². The first kappa shape index (κ1) is 27.9. The number of nitro groups is 1. The van der Waals surface area contributed by atoms with Crippen LogP contribution in [0.4, 0.5) is 5.69 Å². The average molecular weight is 535 g/mol. The molecule has 198 valence electrons. The Balaban J connectivity index is 1.96. The van der Waals surface area contributed by atoms with Crippen LogP contribution in [0.2, 0.25) is 0 Å². The minimum Gasteiger partial charge on any atom is -0.478 e. The molecule has 0 atom stereocenters. The molecule has 0 amide bonds. The Morgan fingerprint density at radius 2 is 0.949 bits per heavy atom. The SMILES string of the molecule is Cc1ccc(C(=O)OC(=O)c2ccc([N+](=O)[O-])cc2C(=O)OC(=O)c2ccc(C)cc2C(=O)O)c(C(=O)O)c1. The number of carbonyl (C=O) groups is 6. The number of carboxylic acid groups (broad SMARTS) is 2. The van der Waals surface area contributed by atoms with Crippen molar-refractivity contribution in [3.8, 4) is 0 Å². The molecule has 0 spiro atoms. The lowest BCUT2D eigenvalue weighted by Crippen LogP contribution is -2.21. The third-order valence-electron chi connectivity index (χ3n) is 5.28. The van der Waals surface area contributed by atoms with Crippen LogP contribution < -0.4 is 0 Å². The molecular weight excluding hydrogens is 518 g/mol. The van der Waals surface area contributed by atoms with Crippen molar-refractivity contribution in [2.24, 2.45) is 0 Å². The lowest BCUT2D eigenvalue weighted by atomic mass is 10.0. The van der Waals surface area contributed by atoms with E-state index in [0.717, 1.165) is 30.3 Å². The smallest absolute Gasteiger partial charge is 0.347 e. The van der Waals surface area contributed by atoms with E-state index in [9.17, 15) is 49.1 Å². The van der Waals surface area contributed by atoms with Crippen LogP contribution in [0.5, 0.6) is 0 Å². The maximum atomic E-state index is 12.8. The van der Waals surface area contributed by atoms with Gasteiger partial charge < -0.3 is 19.7 Å². The molecule has 0 aromatic heterocycles. The summed E-state index contributed by atoms with van der Waals surface area (Å²) in [6, 6.07) is 9.49. The predicted molar refractivity (Wildman–Crippen MR) is 129 cm³/mol. The van der Waals surface area contributed by atoms with Crippen molar-refractivity contribution in [3.63, 3.8) is 0 Å². The molecule has 2 N–H and O–H groups in total. The molecule has 3 rings (SSSR count). The molecule has 13 nitrogen and oxygen atoms in total. The number of hydrogen-bond donors (Lipinski definition) is 2. The van der Waals surface area contributed by atoms with E-state index in [1.807, 2.05) is 0 Å². The van der Waals surface area contributed by atoms with E-state index in [1.165, 1.54) is 18.2 Å². The van der Waals surface area contributed by atoms with E-state index in [0.29, 0.717) is 17.2 Å². The van der Waals surface area contributed by atoms with Gasteiger partial charge in [0.1, 0.15) is 0 Å². The Labute approximate surface area is 218 Å². The monoisotopic (exact) mass is 535 g/mol. The third-order valence-corrected chi connectivity index (χ3v) is 5.28. The highest BCUT2D eigenvalue weighted by Gasteiger charge is 2.29. The van der Waals surface area contributed by atoms with Crippen LogP contribution in [0.25, 0.3) is 0 Å². The number of nitro benzene ring substituents is 1. The Kier molecular flexibility index (Phi) is 7.95. The van der Waals surface area contributed by atoms with Crippen molar-refractivity contribution in [1.29, 1.82) is 0 Å². The van der Waals surface area contributed by atoms with Crippen LogP contribution >= 0.6 is 0 Å². The highest BCUT2D eigenvalue weighted by atomic mass is 16.6. The first-order chi connectivity index (χ1) is 18.3. The Bertz CT molecular complexity index is 1590. The summed E-state index contributed by atoms with van der Waals surface area (Å²) in [6.07, 6.45) is 0. The summed E-state index contributed by atoms with van der Waals surface area (Å²) in [4.78, 5) is 84.1. The van der Waals surface area contributed by atoms with E-state index in [2.05, 4.69) is 0 Å². The number of hydrogen-bond acceptors (Lipinski definition) is 10. The highest BCUT2D eigenvalue weighted by Crippen LogP contribution is 2.22. The molecule has 0 aliphatic rings. The minimum atomic E-state index is -1.58. The van der Waals surface area contributed by atoms with Crippen molar-refractivity contribution < 1.29 is 53.4 Å². The largest absolute Gasteiger partial charge is 0.478 e. The fourth-order valence-corrected chi connectivity index (χ4v) is 3.41. The Hall–Kier alpha value is -5.72. The number of benzene rings is 3. The molecule has 3 aromatic rings. The van der Waals surface area contributed by atoms with E-state index in [1.54, 1.807) is 13.8 Å². The molecule has 0 fully saturated rings. The van der Waals surface area contributed by atoms with Gasteiger partial charge in [0.05, 0.1) is 38.3 Å². The van der Waals surface area contributed by atoms with Gasteiger partial charge in [0.15, 0.2) is 0 Å². The molecule has 0 aliphatic carbocycles. The number of aromatic carboxylic acids is 2. The fourth-order valence-electron chi connectivity index (χ4n) is 3.41. The number of carboxylic acids is 2. The van der Waals surface area contributed by atoms with Crippen molar-refractivity contribution >= 4 is 41.5 Å². The maximum absolute atomic E-state index is 12.8. The van der Waals surface area contributed by atoms with Crippen LogP contribution in [0.15, 0.2) is 54.6 Å². The maximum Gasteiger partial charge on any atom is 0.347 e. The minimum absolute atomic E-state index is 0.464. The van der Waals surface area contributed by atoms with Crippen molar-refractivity contribution in [2.45, 2.75) is 13.8 Å². The Morgan fingerprint density at radius 1 is 0.590 bits per heavy atom. The number of non-ortho nitro benzene ring substituents is 1. The summed E-state index contributed by atoms with van der Waals surface area (Å²) in [5.41, 5.74) is -3.21. The normalized spacial score (nSPS) is 10.3. The number of rotatable bonds is 7. The zero-order valence-electron chi connectivity index (χ0n) is 20.1. The first-order valence-electron chi connectivity index (χ1n) is 10.8. The van der Waals surface area contributed by atoms with Crippen molar-refractivity contribution in [3.05, 3.63) is 109 Å². The molecule has 3 aromatic carbocycles. The van der Waals surface area contributed by atoms with Crippen LogP contribution in [0.1, 0.15) is 73.3 Å². The Morgan fingerprint density at radius 3 is 1.33 bits per heavy atom. The zero-order chi connectivity index (χ0) is 29.0. The van der Waals surface area contributed by atoms with Gasteiger partial charge in [-0.2, -0.15) is 0 Å². The van der Waals surface area contributed by atoms with Crippen molar-refractivity contribution in [2.75, 3.05) is 0 Å². The molecule has 0 heterocycles. The van der Waals surface area contributed by atoms with E-state index >= 15 is 0 Å². The first-order valence-corrected chi connectivity index (χ1v) is 10.8. The number of esters is 4. The van der Waals surface area contributed by atoms with Gasteiger partial charge in [-0.25, -0.2) is 28.8 Å². The third kappa shape index (κ3) is 6.17. The average Bonchev–Trinajstić information content (AvgIpc) is 2.87. The van der Waals surface area contributed by atoms with Gasteiger partial charge in [-0.1, -0.05) is 23.3 Å². The number of aryl methyl sites for hydroxylation is 2. The second-order valence-corrected chi connectivity index (χ2v) is 8.05. The highest BCUT2D eigenvalue weighted by molar-refractivity contribution is 6.13. The van der Waals surface area contributed by atoms with Crippen molar-refractivity contribution in [1.82, 2.24) is 0 Å². The molecule has 0 saturated carbocycles. The van der Waals surface area contributed by atoms with Crippen LogP contribution in [0.3, 0.4) is 0 Å². The standard InChI is InChI=1S/C26H17NO12/c1-12-3-6-15(18(9-12)21(28)29)23(32)38-25(34)17-8-5-14(27(36)37)11-20(17)26(35)39-24(33)16-7-4-13(2)10-19(16)22(30)31/h3-11H,1-2H3,(H,28,29)(H,30,31). The van der Waals surface area contributed by atoms with E-state index in [-0.39, 0.29) is 0 Å². The van der Waals surface area contributed by atoms with E-state index < -0.39 is 79.8 Å². The molecule has 0 saturated heterocycles. The second-order valence-electron chi connectivity index (χ2n) is 8.05. The second kappa shape index (κ2) is 11.1. The quantitative estimate of drug-likeness (QED) is 0.193. The number of nitrogens with zero attached hydrogens (tertiary/aromatic N) is 1. The summed E-state index contributed by atoms with van der Waals surface area (Å²) in [5.74, 6) is -8.88. The molecule has 0 bridgehead atoms. The summed E-state index contributed by atoms with van der Waals surface area (Å²) in [7, 11) is 0. The zero-order valence-corrected chi connectivity index (χ0v) is 20.1. The van der Waals surface area contributed by atoms with Gasteiger partial charge in [0.2, 0.25) is 0 Å². The predicted octanol–water partition coefficient (Wildman–Crippen LogP) is 3.60. The fraction of sp³-hybridized carbons (Fsp3) is 0.0769. The summed E-state index contributed by atoms with van der Waals surface area (Å²) >= 11 is 0. The van der Waals surface area contributed by atoms with Gasteiger partial charge in [0.25, 0.3) is 5.69 Å². The van der Waals surface area contributed by atoms with Gasteiger partial charge in [-0.05, 0) is 44.2 Å². The molecular formula is C26H17NO12. The number of ether oxygens (including phenoxy) is 2. The number of carbonyl (C=O) groups excluding carboxylic acids is 4. The molecule has 39 heavy (non-hydrogen) atoms. The molecule has 0 unspecified atom stereocenters. The van der Waals surface area contributed by atoms with Crippen LogP contribution in [0, 0.1) is 24.0 Å². The van der Waals surface area contributed by atoms with Gasteiger partial charge in [-0.3, -0.25) is 10.1 Å². The lowest BCUT2D eigenvalue weighted by molar-refractivity contribution is -0.384. The summed E-state index contributed by atoms with van der Waals surface area (Å²) in [5, 5.41) is 29.9. The topological polar surface area (TPSA) is 204 Å². The molecule has 0 aliphatic heterocycles. The summed E-state index contributed by atoms with van der Waals surface area (Å²) in [6.45, 7) is 3.13. The van der Waals surface area contributed by atoms with Gasteiger partial charge in [0, 0.05) is 12.1 Å². The van der Waals surface area contributed by atoms with Gasteiger partial charge in [-0.15, -0.1) is 0 Å². The summed E-state index contributed by atoms with van der Waals surface area (Å²) < 4.78 is 9.41. The molecule has 0 radical (unpaired) electrons.